The number of ether oxygens (including phenoxy) is 1. The molecule has 1 atom stereocenters. The zero-order chi connectivity index (χ0) is 29.9. The highest BCUT2D eigenvalue weighted by Crippen LogP contribution is 2.39. The van der Waals surface area contributed by atoms with Gasteiger partial charge in [0.1, 0.15) is 23.4 Å². The van der Waals surface area contributed by atoms with Gasteiger partial charge in [0, 0.05) is 50.1 Å². The lowest BCUT2D eigenvalue weighted by atomic mass is 9.92. The number of rotatable bonds is 8. The molecule has 1 fully saturated rings. The van der Waals surface area contributed by atoms with Gasteiger partial charge in [0.2, 0.25) is 0 Å². The minimum atomic E-state index is -4.62. The molecule has 222 valence electrons. The van der Waals surface area contributed by atoms with Gasteiger partial charge in [-0.25, -0.2) is 18.8 Å². The first-order chi connectivity index (χ1) is 20.1. The van der Waals surface area contributed by atoms with Gasteiger partial charge >= 0.3 is 6.18 Å². The minimum Gasteiger partial charge on any atom is -0.479 e. The quantitative estimate of drug-likeness (QED) is 0.278. The second kappa shape index (κ2) is 12.4. The molecule has 0 saturated carbocycles. The third-order valence-corrected chi connectivity index (χ3v) is 7.19. The van der Waals surface area contributed by atoms with Crippen LogP contribution in [-0.2, 0) is 10.9 Å². The highest BCUT2D eigenvalue weighted by Gasteiger charge is 2.35. The van der Waals surface area contributed by atoms with Gasteiger partial charge in [0.15, 0.2) is 11.8 Å². The van der Waals surface area contributed by atoms with Gasteiger partial charge in [-0.1, -0.05) is 30.3 Å². The molecule has 42 heavy (non-hydrogen) atoms. The van der Waals surface area contributed by atoms with E-state index in [1.807, 2.05) is 35.2 Å². The van der Waals surface area contributed by atoms with Gasteiger partial charge < -0.3 is 15.4 Å². The van der Waals surface area contributed by atoms with Gasteiger partial charge in [-0.15, -0.1) is 0 Å². The number of nitrogens with one attached hydrogen (secondary N) is 1. The molecule has 3 aromatic rings. The Hall–Kier alpha value is -4.19. The molecular formula is C30H31F5N6O. The lowest BCUT2D eigenvalue weighted by Crippen LogP contribution is -2.47. The molecule has 0 radical (unpaired) electrons. The zero-order valence-electron chi connectivity index (χ0n) is 23.0. The van der Waals surface area contributed by atoms with E-state index in [-0.39, 0.29) is 29.7 Å². The second-order valence-corrected chi connectivity index (χ2v) is 10.2. The first-order valence-electron chi connectivity index (χ1n) is 13.6. The standard InChI is InChI=1S/C30H31F5N6O/c1-19-16-21(17-25(37-19)30(33,34)35)26-27(20-6-3-2-4-7-20)38-29(36)39-28(26)42-15-5-10-40-11-13-41(14-12-40)24-9-8-22(31)18-23(24)32/h2-4,6-9,16-18,27H,5,10-15H2,1H3,(H3,36,38,39). The van der Waals surface area contributed by atoms with Crippen LogP contribution in [0, 0.1) is 18.6 Å². The van der Waals surface area contributed by atoms with Crippen molar-refractivity contribution in [1.82, 2.24) is 15.2 Å². The summed E-state index contributed by atoms with van der Waals surface area (Å²) in [7, 11) is 0. The van der Waals surface area contributed by atoms with Gasteiger partial charge in [-0.05, 0) is 48.7 Å². The molecule has 0 amide bonds. The smallest absolute Gasteiger partial charge is 0.433 e. The molecule has 3 heterocycles. The largest absolute Gasteiger partial charge is 0.479 e. The molecule has 0 bridgehead atoms. The van der Waals surface area contributed by atoms with Gasteiger partial charge in [0.05, 0.1) is 12.3 Å². The first kappa shape index (κ1) is 29.3. The van der Waals surface area contributed by atoms with Crippen LogP contribution in [0.25, 0.3) is 5.57 Å². The second-order valence-electron chi connectivity index (χ2n) is 10.2. The first-order valence-corrected chi connectivity index (χ1v) is 13.6. The Kier molecular flexibility index (Phi) is 8.62. The van der Waals surface area contributed by atoms with E-state index in [0.717, 1.165) is 17.7 Å². The Balaban J connectivity index is 1.30. The van der Waals surface area contributed by atoms with Gasteiger partial charge in [0.25, 0.3) is 0 Å². The molecule has 1 aromatic heterocycles. The van der Waals surface area contributed by atoms with Crippen molar-refractivity contribution in [1.29, 1.82) is 0 Å². The summed E-state index contributed by atoms with van der Waals surface area (Å²) in [5.74, 6) is -0.854. The monoisotopic (exact) mass is 586 g/mol. The van der Waals surface area contributed by atoms with Crippen LogP contribution in [0.5, 0.6) is 0 Å². The number of nitrogens with zero attached hydrogens (tertiary/aromatic N) is 4. The zero-order valence-corrected chi connectivity index (χ0v) is 23.0. The van der Waals surface area contributed by atoms with Crippen LogP contribution < -0.4 is 16.0 Å². The molecule has 1 saturated heterocycles. The van der Waals surface area contributed by atoms with Gasteiger partial charge in [-0.2, -0.15) is 13.2 Å². The van der Waals surface area contributed by atoms with E-state index in [0.29, 0.717) is 50.4 Å². The summed E-state index contributed by atoms with van der Waals surface area (Å²) < 4.78 is 74.6. The number of guanidine groups is 1. The average molecular weight is 587 g/mol. The normalized spacial score (nSPS) is 18.1. The summed E-state index contributed by atoms with van der Waals surface area (Å²) in [5, 5.41) is 2.92. The number of alkyl halides is 3. The predicted molar refractivity (Wildman–Crippen MR) is 150 cm³/mol. The Morgan fingerprint density at radius 2 is 1.74 bits per heavy atom. The molecular weight excluding hydrogens is 555 g/mol. The number of aromatic nitrogens is 1. The average Bonchev–Trinajstić information content (AvgIpc) is 2.95. The summed E-state index contributed by atoms with van der Waals surface area (Å²) >= 11 is 0. The molecule has 7 nitrogen and oxygen atoms in total. The number of piperazine rings is 1. The molecule has 12 heteroatoms. The van der Waals surface area contributed by atoms with Crippen molar-refractivity contribution in [2.24, 2.45) is 10.7 Å². The number of aryl methyl sites for hydroxylation is 1. The van der Waals surface area contributed by atoms with Crippen molar-refractivity contribution >= 4 is 17.2 Å². The molecule has 2 aliphatic rings. The maximum Gasteiger partial charge on any atom is 0.433 e. The summed E-state index contributed by atoms with van der Waals surface area (Å²) in [5.41, 5.74) is 7.15. The summed E-state index contributed by atoms with van der Waals surface area (Å²) in [6.07, 6.45) is -4.00. The Morgan fingerprint density at radius 1 is 1.00 bits per heavy atom. The molecule has 2 aliphatic heterocycles. The Morgan fingerprint density at radius 3 is 2.43 bits per heavy atom. The predicted octanol–water partition coefficient (Wildman–Crippen LogP) is 5.24. The van der Waals surface area contributed by atoms with Crippen molar-refractivity contribution in [3.8, 4) is 0 Å². The van der Waals surface area contributed by atoms with Crippen molar-refractivity contribution in [2.45, 2.75) is 25.6 Å². The van der Waals surface area contributed by atoms with Crippen LogP contribution in [0.2, 0.25) is 0 Å². The molecule has 3 N–H and O–H groups in total. The number of hydrogen-bond acceptors (Lipinski definition) is 7. The fourth-order valence-electron chi connectivity index (χ4n) is 5.20. The number of nitrogens with two attached hydrogens (primary N) is 1. The van der Waals surface area contributed by atoms with E-state index >= 15 is 0 Å². The fraction of sp³-hybridized carbons (Fsp3) is 0.333. The Labute approximate surface area is 240 Å². The SMILES string of the molecule is Cc1cc(C2=C(OCCCN3CCN(c4ccc(F)cc4F)CC3)NC(N)=NC2c2ccccc2)cc(C(F)(F)F)n1. The van der Waals surface area contributed by atoms with Crippen molar-refractivity contribution in [3.05, 3.63) is 101 Å². The van der Waals surface area contributed by atoms with Crippen LogP contribution in [-0.4, -0.2) is 55.2 Å². The molecule has 2 aromatic carbocycles. The molecule has 1 unspecified atom stereocenters. The highest BCUT2D eigenvalue weighted by molar-refractivity contribution is 5.88. The van der Waals surface area contributed by atoms with Crippen LogP contribution in [0.4, 0.5) is 27.6 Å². The maximum absolute atomic E-state index is 14.2. The highest BCUT2D eigenvalue weighted by atomic mass is 19.4. The topological polar surface area (TPSA) is 79.0 Å². The maximum atomic E-state index is 14.2. The molecule has 0 spiro atoms. The lowest BCUT2D eigenvalue weighted by molar-refractivity contribution is -0.141. The fourth-order valence-corrected chi connectivity index (χ4v) is 5.20. The number of anilines is 1. The van der Waals surface area contributed by atoms with Crippen LogP contribution >= 0.6 is 0 Å². The number of halogens is 5. The summed E-state index contributed by atoms with van der Waals surface area (Å²) in [4.78, 5) is 12.3. The third-order valence-electron chi connectivity index (χ3n) is 7.19. The molecule has 0 aliphatic carbocycles. The lowest BCUT2D eigenvalue weighted by Gasteiger charge is -2.36. The number of benzene rings is 2. The molecule has 5 rings (SSSR count). The number of pyridine rings is 1. The van der Waals surface area contributed by atoms with Crippen molar-refractivity contribution < 1.29 is 26.7 Å². The van der Waals surface area contributed by atoms with E-state index in [1.54, 1.807) is 6.07 Å². The Bertz CT molecular complexity index is 1470. The van der Waals surface area contributed by atoms with E-state index in [9.17, 15) is 22.0 Å². The summed E-state index contributed by atoms with van der Waals surface area (Å²) in [6.45, 7) is 5.04. The van der Waals surface area contributed by atoms with Gasteiger partial charge in [-0.3, -0.25) is 10.2 Å². The van der Waals surface area contributed by atoms with Crippen molar-refractivity contribution in [3.63, 3.8) is 0 Å². The van der Waals surface area contributed by atoms with Crippen LogP contribution in [0.1, 0.15) is 35.0 Å². The van der Waals surface area contributed by atoms with E-state index in [2.05, 4.69) is 20.2 Å². The van der Waals surface area contributed by atoms with Crippen LogP contribution in [0.15, 0.2) is 71.5 Å². The summed E-state index contributed by atoms with van der Waals surface area (Å²) in [6, 6.07) is 14.6. The number of hydrogen-bond donors (Lipinski definition) is 2. The number of aliphatic imine (C=N–C) groups is 1. The van der Waals surface area contributed by atoms with E-state index in [4.69, 9.17) is 10.5 Å². The van der Waals surface area contributed by atoms with Crippen molar-refractivity contribution in [2.75, 3.05) is 44.2 Å². The minimum absolute atomic E-state index is 0.0913. The third kappa shape index (κ3) is 6.81. The van der Waals surface area contributed by atoms with E-state index in [1.165, 1.54) is 19.1 Å². The van der Waals surface area contributed by atoms with Crippen LogP contribution in [0.3, 0.4) is 0 Å². The van der Waals surface area contributed by atoms with E-state index < -0.39 is 29.5 Å².